The maximum atomic E-state index is 14.7. The second kappa shape index (κ2) is 24.0. The van der Waals surface area contributed by atoms with E-state index in [1.54, 1.807) is 14.0 Å². The van der Waals surface area contributed by atoms with Crippen LogP contribution in [0, 0.1) is 11.8 Å². The van der Waals surface area contributed by atoms with E-state index in [0.29, 0.717) is 33.2 Å². The van der Waals surface area contributed by atoms with Crippen molar-refractivity contribution in [3.05, 3.63) is 75.9 Å². The average molecular weight is 1010 g/mol. The number of allylic oxidation sites excluding steroid dienone is 2. The number of benzene rings is 2. The Morgan fingerprint density at radius 3 is 1.95 bits per heavy atom. The average Bonchev–Trinajstić information content (AvgIpc) is 3.53. The summed E-state index contributed by atoms with van der Waals surface area (Å²) in [6, 6.07) is 12.6. The van der Waals surface area contributed by atoms with Gasteiger partial charge in [0.15, 0.2) is 8.32 Å². The normalized spacial score (nSPS) is 15.6. The summed E-state index contributed by atoms with van der Waals surface area (Å²) >= 11 is 3.67. The van der Waals surface area contributed by atoms with E-state index >= 15 is 0 Å². The molecule has 1 heterocycles. The van der Waals surface area contributed by atoms with Gasteiger partial charge in [-0.25, -0.2) is 0 Å². The van der Waals surface area contributed by atoms with Crippen LogP contribution in [0.5, 0.6) is 5.75 Å². The molecule has 368 valence electrons. The van der Waals surface area contributed by atoms with Gasteiger partial charge < -0.3 is 34.1 Å². The van der Waals surface area contributed by atoms with Crippen LogP contribution in [0.4, 0.5) is 0 Å². The first kappa shape index (κ1) is 56.6. The minimum absolute atomic E-state index is 0.120. The number of carbonyl (C=O) groups is 4. The molecule has 3 N–H and O–H groups in total. The second-order valence-electron chi connectivity index (χ2n) is 21.2. The van der Waals surface area contributed by atoms with Gasteiger partial charge in [0, 0.05) is 36.4 Å². The molecule has 11 nitrogen and oxygen atoms in total. The fraction of sp³-hybridized carbons (Fsp3) is 0.615. The van der Waals surface area contributed by atoms with Crippen LogP contribution in [0.25, 0.3) is 10.9 Å². The summed E-state index contributed by atoms with van der Waals surface area (Å²) in [5, 5.41) is 7.08. The smallest absolute Gasteiger partial charge is 0.307 e. The summed E-state index contributed by atoms with van der Waals surface area (Å²) in [4.78, 5) is 60.3. The van der Waals surface area contributed by atoms with Crippen molar-refractivity contribution < 1.29 is 32.8 Å². The Morgan fingerprint density at radius 2 is 1.41 bits per heavy atom. The van der Waals surface area contributed by atoms with Crippen LogP contribution in [-0.2, 0) is 34.8 Å². The number of esters is 1. The monoisotopic (exact) mass is 1010 g/mol. The van der Waals surface area contributed by atoms with E-state index in [0.717, 1.165) is 34.2 Å². The zero-order valence-electron chi connectivity index (χ0n) is 43.4. The van der Waals surface area contributed by atoms with Gasteiger partial charge in [0.1, 0.15) is 17.8 Å². The third kappa shape index (κ3) is 14.6. The SMILES string of the molecule is COC(=O)CC(NC(=O)C(Cc1c(Br)[nH]c2ccccc12)N(C)C(=O)C(C)NC(=O)C(C)C/C(C)=C/C(C)CC(C)O[Si](C)(C)C(C)(C)C)c1ccc(O[Si](C(C)C)(C(C)C)C(C)C)cc1. The standard InChI is InChI=1S/C52H83BrN4O7Si2/c1-32(2)66(33(3)4,34(5)6)64-41-25-23-40(24-26-41)45(31-47(58)62-16)56-50(60)46(30-43-42-21-19-20-22-44(42)55-48(43)53)57(15)51(61)39(11)54-49(59)37(9)28-35(7)27-36(8)29-38(10)63-65(17,18)52(12,13)14/h19-27,32-34,36-39,45-46,55H,28-31H2,1-18H3,(H,54,59)(H,56,60)/b35-27+. The molecule has 0 radical (unpaired) electrons. The number of H-pyrrole nitrogens is 1. The van der Waals surface area contributed by atoms with Gasteiger partial charge in [0.05, 0.1) is 24.2 Å². The summed E-state index contributed by atoms with van der Waals surface area (Å²) in [7, 11) is -1.23. The van der Waals surface area contributed by atoms with E-state index in [9.17, 15) is 19.2 Å². The number of nitrogens with one attached hydrogen (secondary N) is 3. The van der Waals surface area contributed by atoms with Gasteiger partial charge >= 0.3 is 5.97 Å². The highest BCUT2D eigenvalue weighted by atomic mass is 79.9. The van der Waals surface area contributed by atoms with E-state index in [-0.39, 0.29) is 35.8 Å². The lowest BCUT2D eigenvalue weighted by molar-refractivity contribution is -0.143. The van der Waals surface area contributed by atoms with Crippen molar-refractivity contribution >= 4 is 67.2 Å². The number of methoxy groups -OCH3 is 1. The van der Waals surface area contributed by atoms with Gasteiger partial charge in [0.25, 0.3) is 8.32 Å². The lowest BCUT2D eigenvalue weighted by Gasteiger charge is -2.42. The fourth-order valence-electron chi connectivity index (χ4n) is 9.39. The maximum absolute atomic E-state index is 14.7. The van der Waals surface area contributed by atoms with Gasteiger partial charge in [0.2, 0.25) is 17.7 Å². The third-order valence-corrected chi connectivity index (χ3v) is 25.1. The van der Waals surface area contributed by atoms with Crippen molar-refractivity contribution in [2.45, 2.75) is 182 Å². The van der Waals surface area contributed by atoms with Gasteiger partial charge in [-0.2, -0.15) is 0 Å². The van der Waals surface area contributed by atoms with Crippen molar-refractivity contribution in [2.75, 3.05) is 14.2 Å². The van der Waals surface area contributed by atoms with Crippen molar-refractivity contribution in [3.8, 4) is 5.75 Å². The molecular formula is C52H83BrN4O7Si2. The van der Waals surface area contributed by atoms with E-state index in [1.807, 2.05) is 62.4 Å². The van der Waals surface area contributed by atoms with Gasteiger partial charge in [-0.15, -0.1) is 0 Å². The molecule has 0 bridgehead atoms. The number of aromatic amines is 1. The van der Waals surface area contributed by atoms with Crippen molar-refractivity contribution in [1.29, 1.82) is 0 Å². The van der Waals surface area contributed by atoms with Crippen LogP contribution in [0.3, 0.4) is 0 Å². The molecule has 3 rings (SSSR count). The zero-order chi connectivity index (χ0) is 50.1. The molecule has 0 aliphatic rings. The number of rotatable bonds is 23. The highest BCUT2D eigenvalue weighted by molar-refractivity contribution is 9.10. The fourth-order valence-corrected chi connectivity index (χ4v) is 16.7. The largest absolute Gasteiger partial charge is 0.543 e. The number of likely N-dealkylation sites (N-methyl/N-ethyl adjacent to an activating group) is 1. The van der Waals surface area contributed by atoms with Crippen LogP contribution >= 0.6 is 15.9 Å². The Kier molecular flexibility index (Phi) is 20.6. The number of hydrogen-bond donors (Lipinski definition) is 3. The molecule has 1 aromatic heterocycles. The Balaban J connectivity index is 1.87. The van der Waals surface area contributed by atoms with Crippen LogP contribution in [0.2, 0.25) is 34.8 Å². The number of carbonyl (C=O) groups excluding carboxylic acids is 4. The molecule has 0 saturated heterocycles. The van der Waals surface area contributed by atoms with E-state index < -0.39 is 58.5 Å². The molecular weight excluding hydrogens is 929 g/mol. The van der Waals surface area contributed by atoms with Crippen molar-refractivity contribution in [2.24, 2.45) is 11.8 Å². The van der Waals surface area contributed by atoms with E-state index in [1.165, 1.54) is 12.0 Å². The topological polar surface area (TPSA) is 139 Å². The molecule has 0 spiro atoms. The van der Waals surface area contributed by atoms with Crippen LogP contribution < -0.4 is 15.1 Å². The van der Waals surface area contributed by atoms with Gasteiger partial charge in [-0.3, -0.25) is 19.2 Å². The lowest BCUT2D eigenvalue weighted by Crippen LogP contribution is -2.55. The third-order valence-electron chi connectivity index (χ3n) is 13.9. The Morgan fingerprint density at radius 1 is 0.833 bits per heavy atom. The van der Waals surface area contributed by atoms with Gasteiger partial charge in [-0.1, -0.05) is 118 Å². The Bertz CT molecular complexity index is 2110. The van der Waals surface area contributed by atoms with Gasteiger partial charge in [-0.05, 0) is 120 Å². The molecule has 3 aromatic rings. The lowest BCUT2D eigenvalue weighted by atomic mass is 9.95. The quantitative estimate of drug-likeness (QED) is 0.0488. The molecule has 6 atom stereocenters. The van der Waals surface area contributed by atoms with Crippen molar-refractivity contribution in [3.63, 3.8) is 0 Å². The van der Waals surface area contributed by atoms with Crippen molar-refractivity contribution in [1.82, 2.24) is 20.5 Å². The van der Waals surface area contributed by atoms with E-state index in [2.05, 4.69) is 127 Å². The van der Waals surface area contributed by atoms with E-state index in [4.69, 9.17) is 13.6 Å². The summed E-state index contributed by atoms with van der Waals surface area (Å²) in [5.74, 6) is -1.02. The Hall–Kier alpha value is -3.73. The molecule has 66 heavy (non-hydrogen) atoms. The highest BCUT2D eigenvalue weighted by Crippen LogP contribution is 2.43. The molecule has 0 saturated carbocycles. The summed E-state index contributed by atoms with van der Waals surface area (Å²) in [6.45, 7) is 34.6. The molecule has 14 heteroatoms. The number of aromatic nitrogens is 1. The molecule has 6 unspecified atom stereocenters. The number of hydrogen-bond acceptors (Lipinski definition) is 7. The predicted octanol–water partition coefficient (Wildman–Crippen LogP) is 12.2. The van der Waals surface area contributed by atoms with Crippen LogP contribution in [0.1, 0.15) is 133 Å². The minimum atomic E-state index is -2.24. The summed E-state index contributed by atoms with van der Waals surface area (Å²) in [5.41, 5.74) is 4.62. The number of para-hydroxylation sites is 1. The first-order chi connectivity index (χ1) is 30.6. The number of nitrogens with zero attached hydrogens (tertiary/aromatic N) is 1. The molecule has 0 aliphatic carbocycles. The molecule has 2 aromatic carbocycles. The highest BCUT2D eigenvalue weighted by Gasteiger charge is 2.47. The van der Waals surface area contributed by atoms with Crippen LogP contribution in [0.15, 0.2) is 64.8 Å². The molecule has 3 amide bonds. The number of ether oxygens (including phenoxy) is 1. The summed E-state index contributed by atoms with van der Waals surface area (Å²) in [6.07, 6.45) is 3.77. The molecule has 0 fully saturated rings. The Labute approximate surface area is 407 Å². The maximum Gasteiger partial charge on any atom is 0.307 e. The van der Waals surface area contributed by atoms with Crippen LogP contribution in [-0.4, -0.2) is 82.6 Å². The zero-order valence-corrected chi connectivity index (χ0v) is 47.0. The summed E-state index contributed by atoms with van der Waals surface area (Å²) < 4.78 is 19.3. The predicted molar refractivity (Wildman–Crippen MR) is 279 cm³/mol. The first-order valence-corrected chi connectivity index (χ1v) is 29.7. The first-order valence-electron chi connectivity index (χ1n) is 23.9. The number of fused-ring (bicyclic) bond motifs is 1. The number of halogens is 1. The molecule has 0 aliphatic heterocycles. The number of amides is 3. The second-order valence-corrected chi connectivity index (χ2v) is 32.1. The minimum Gasteiger partial charge on any atom is -0.543 e.